The predicted octanol–water partition coefficient (Wildman–Crippen LogP) is 1.96. The SMILES string of the molecule is COc1cc(C)c(C)cc1CCOCC(=O)O. The molecule has 1 N–H and O–H groups in total. The Morgan fingerprint density at radius 1 is 1.29 bits per heavy atom. The highest BCUT2D eigenvalue weighted by Gasteiger charge is 2.06. The summed E-state index contributed by atoms with van der Waals surface area (Å²) in [6.07, 6.45) is 0.650. The molecule has 0 radical (unpaired) electrons. The molecule has 0 amide bonds. The Balaban J connectivity index is 2.63. The molecule has 0 heterocycles. The first-order valence-electron chi connectivity index (χ1n) is 5.48. The maximum atomic E-state index is 10.3. The van der Waals surface area contributed by atoms with Crippen molar-refractivity contribution in [2.45, 2.75) is 20.3 Å². The van der Waals surface area contributed by atoms with E-state index in [0.29, 0.717) is 13.0 Å². The number of aryl methyl sites for hydroxylation is 2. The number of methoxy groups -OCH3 is 1. The van der Waals surface area contributed by atoms with Gasteiger partial charge in [-0.2, -0.15) is 0 Å². The molecule has 0 bridgehead atoms. The molecule has 1 rings (SSSR count). The normalized spacial score (nSPS) is 10.3. The number of rotatable bonds is 6. The Morgan fingerprint density at radius 2 is 1.94 bits per heavy atom. The number of carboxylic acid groups (broad SMARTS) is 1. The first kappa shape index (κ1) is 13.5. The lowest BCUT2D eigenvalue weighted by Gasteiger charge is -2.11. The molecule has 0 aromatic heterocycles. The van der Waals surface area contributed by atoms with Gasteiger partial charge < -0.3 is 14.6 Å². The quantitative estimate of drug-likeness (QED) is 0.770. The second kappa shape index (κ2) is 6.25. The lowest BCUT2D eigenvalue weighted by molar-refractivity contribution is -0.142. The Hall–Kier alpha value is -1.55. The van der Waals surface area contributed by atoms with Crippen LogP contribution >= 0.6 is 0 Å². The van der Waals surface area contributed by atoms with Gasteiger partial charge in [-0.25, -0.2) is 4.79 Å². The van der Waals surface area contributed by atoms with Crippen LogP contribution in [0.1, 0.15) is 16.7 Å². The van der Waals surface area contributed by atoms with E-state index < -0.39 is 5.97 Å². The number of hydrogen-bond donors (Lipinski definition) is 1. The van der Waals surface area contributed by atoms with E-state index in [4.69, 9.17) is 14.6 Å². The molecule has 0 aliphatic heterocycles. The molecular formula is C13H18O4. The van der Waals surface area contributed by atoms with Crippen molar-refractivity contribution in [1.29, 1.82) is 0 Å². The third-order valence-electron chi connectivity index (χ3n) is 2.64. The highest BCUT2D eigenvalue weighted by molar-refractivity contribution is 5.67. The summed E-state index contributed by atoms with van der Waals surface area (Å²) < 4.78 is 10.3. The summed E-state index contributed by atoms with van der Waals surface area (Å²) in [7, 11) is 1.63. The van der Waals surface area contributed by atoms with Gasteiger partial charge >= 0.3 is 5.97 Å². The van der Waals surface area contributed by atoms with Gasteiger partial charge in [0.15, 0.2) is 0 Å². The first-order chi connectivity index (χ1) is 8.04. The van der Waals surface area contributed by atoms with E-state index in [-0.39, 0.29) is 6.61 Å². The van der Waals surface area contributed by atoms with Crippen molar-refractivity contribution in [3.63, 3.8) is 0 Å². The fourth-order valence-corrected chi connectivity index (χ4v) is 1.58. The van der Waals surface area contributed by atoms with Crippen LogP contribution in [0.25, 0.3) is 0 Å². The van der Waals surface area contributed by atoms with Crippen molar-refractivity contribution in [1.82, 2.24) is 0 Å². The summed E-state index contributed by atoms with van der Waals surface area (Å²) in [5, 5.41) is 8.44. The van der Waals surface area contributed by atoms with Gasteiger partial charge in [0.1, 0.15) is 12.4 Å². The number of carboxylic acids is 1. The van der Waals surface area contributed by atoms with E-state index >= 15 is 0 Å². The smallest absolute Gasteiger partial charge is 0.329 e. The summed E-state index contributed by atoms with van der Waals surface area (Å²) in [6, 6.07) is 4.04. The Kier molecular flexibility index (Phi) is 4.97. The van der Waals surface area contributed by atoms with Crippen LogP contribution in [0.3, 0.4) is 0 Å². The molecule has 4 heteroatoms. The average Bonchev–Trinajstić information content (AvgIpc) is 2.28. The monoisotopic (exact) mass is 238 g/mol. The minimum absolute atomic E-state index is 0.257. The standard InChI is InChI=1S/C13H18O4/c1-9-6-11(4-5-17-8-13(14)15)12(16-3)7-10(9)2/h6-7H,4-5,8H2,1-3H3,(H,14,15). The van der Waals surface area contributed by atoms with Crippen molar-refractivity contribution in [2.24, 2.45) is 0 Å². The van der Waals surface area contributed by atoms with Crippen LogP contribution in [-0.4, -0.2) is 31.4 Å². The third kappa shape index (κ3) is 4.07. The molecular weight excluding hydrogens is 220 g/mol. The van der Waals surface area contributed by atoms with Crippen molar-refractivity contribution < 1.29 is 19.4 Å². The zero-order chi connectivity index (χ0) is 12.8. The molecule has 0 fully saturated rings. The van der Waals surface area contributed by atoms with Gasteiger partial charge in [-0.15, -0.1) is 0 Å². The highest BCUT2D eigenvalue weighted by atomic mass is 16.5. The second-order valence-electron chi connectivity index (χ2n) is 3.94. The summed E-state index contributed by atoms with van der Waals surface area (Å²) >= 11 is 0. The molecule has 0 unspecified atom stereocenters. The molecule has 17 heavy (non-hydrogen) atoms. The topological polar surface area (TPSA) is 55.8 Å². The number of ether oxygens (including phenoxy) is 2. The van der Waals surface area contributed by atoms with E-state index in [0.717, 1.165) is 11.3 Å². The molecule has 0 saturated carbocycles. The number of hydrogen-bond acceptors (Lipinski definition) is 3. The lowest BCUT2D eigenvalue weighted by atomic mass is 10.0. The number of carbonyl (C=O) groups is 1. The predicted molar refractivity (Wildman–Crippen MR) is 64.6 cm³/mol. The van der Waals surface area contributed by atoms with Crippen LogP contribution < -0.4 is 4.74 Å². The van der Waals surface area contributed by atoms with E-state index in [1.54, 1.807) is 7.11 Å². The van der Waals surface area contributed by atoms with Gasteiger partial charge in [0.25, 0.3) is 0 Å². The Bertz CT molecular complexity index is 399. The minimum Gasteiger partial charge on any atom is -0.496 e. The first-order valence-corrected chi connectivity index (χ1v) is 5.48. The van der Waals surface area contributed by atoms with Crippen LogP contribution in [0.15, 0.2) is 12.1 Å². The van der Waals surface area contributed by atoms with Gasteiger partial charge in [-0.1, -0.05) is 6.07 Å². The molecule has 0 spiro atoms. The fourth-order valence-electron chi connectivity index (χ4n) is 1.58. The van der Waals surface area contributed by atoms with Crippen LogP contribution in [0.4, 0.5) is 0 Å². The summed E-state index contributed by atoms with van der Waals surface area (Å²) in [5.74, 6) is -0.121. The number of benzene rings is 1. The summed E-state index contributed by atoms with van der Waals surface area (Å²) in [6.45, 7) is 4.19. The summed E-state index contributed by atoms with van der Waals surface area (Å²) in [4.78, 5) is 10.3. The van der Waals surface area contributed by atoms with Crippen LogP contribution in [0.5, 0.6) is 5.75 Å². The van der Waals surface area contributed by atoms with Crippen molar-refractivity contribution >= 4 is 5.97 Å². The average molecular weight is 238 g/mol. The number of aliphatic carboxylic acids is 1. The maximum Gasteiger partial charge on any atom is 0.329 e. The molecule has 1 aromatic rings. The molecule has 0 aliphatic carbocycles. The van der Waals surface area contributed by atoms with Crippen LogP contribution in [0, 0.1) is 13.8 Å². The molecule has 94 valence electrons. The van der Waals surface area contributed by atoms with Crippen LogP contribution in [-0.2, 0) is 16.0 Å². The zero-order valence-corrected chi connectivity index (χ0v) is 10.4. The minimum atomic E-state index is -0.947. The molecule has 1 aromatic carbocycles. The van der Waals surface area contributed by atoms with E-state index in [1.165, 1.54) is 11.1 Å². The van der Waals surface area contributed by atoms with Gasteiger partial charge in [-0.3, -0.25) is 0 Å². The lowest BCUT2D eigenvalue weighted by Crippen LogP contribution is -2.09. The van der Waals surface area contributed by atoms with Gasteiger partial charge in [-0.05, 0) is 43.0 Å². The second-order valence-corrected chi connectivity index (χ2v) is 3.94. The van der Waals surface area contributed by atoms with E-state index in [9.17, 15) is 4.79 Å². The van der Waals surface area contributed by atoms with Crippen LogP contribution in [0.2, 0.25) is 0 Å². The Labute approximate surface area is 101 Å². The van der Waals surface area contributed by atoms with Gasteiger partial charge in [0.05, 0.1) is 13.7 Å². The fraction of sp³-hybridized carbons (Fsp3) is 0.462. The van der Waals surface area contributed by atoms with Crippen molar-refractivity contribution in [3.8, 4) is 5.75 Å². The highest BCUT2D eigenvalue weighted by Crippen LogP contribution is 2.23. The van der Waals surface area contributed by atoms with E-state index in [2.05, 4.69) is 6.07 Å². The molecule has 4 nitrogen and oxygen atoms in total. The van der Waals surface area contributed by atoms with Crippen molar-refractivity contribution in [3.05, 3.63) is 28.8 Å². The van der Waals surface area contributed by atoms with E-state index in [1.807, 2.05) is 19.9 Å². The zero-order valence-electron chi connectivity index (χ0n) is 10.4. The largest absolute Gasteiger partial charge is 0.496 e. The van der Waals surface area contributed by atoms with Gasteiger partial charge in [0.2, 0.25) is 0 Å². The van der Waals surface area contributed by atoms with Crippen molar-refractivity contribution in [2.75, 3.05) is 20.3 Å². The molecule has 0 saturated heterocycles. The molecule has 0 aliphatic rings. The van der Waals surface area contributed by atoms with Gasteiger partial charge in [0, 0.05) is 0 Å². The Morgan fingerprint density at radius 3 is 2.53 bits per heavy atom. The maximum absolute atomic E-state index is 10.3. The molecule has 0 atom stereocenters. The third-order valence-corrected chi connectivity index (χ3v) is 2.64. The summed E-state index contributed by atoms with van der Waals surface area (Å²) in [5.41, 5.74) is 3.41.